The normalized spacial score (nSPS) is 12.9. The molecule has 0 fully saturated rings. The third-order valence-corrected chi connectivity index (χ3v) is 3.56. The molecule has 1 aliphatic heterocycles. The third-order valence-electron chi connectivity index (χ3n) is 3.56. The number of carboxylic acids is 1. The first kappa shape index (κ1) is 14.1. The van der Waals surface area contributed by atoms with E-state index in [4.69, 9.17) is 5.11 Å². The minimum Gasteiger partial charge on any atom is -0.478 e. The fraction of sp³-hybridized carbons (Fsp3) is 0.125. The number of amides is 2. The summed E-state index contributed by atoms with van der Waals surface area (Å²) in [4.78, 5) is 24.5. The van der Waals surface area contributed by atoms with E-state index in [0.29, 0.717) is 18.8 Å². The number of hydrogen-bond donors (Lipinski definition) is 2. The Morgan fingerprint density at radius 3 is 2.41 bits per heavy atom. The standard InChI is InChI=1S/C16H13FN2O3/c17-13-4-1-11-8-19(9-12(11)7-13)16(22)18-14-5-2-10(3-6-14)15(20)21/h1-7H,8-9H2,(H,18,22)(H,20,21). The first-order chi connectivity index (χ1) is 10.5. The van der Waals surface area contributed by atoms with Crippen molar-refractivity contribution in [3.63, 3.8) is 0 Å². The molecule has 3 rings (SSSR count). The van der Waals surface area contributed by atoms with Crippen molar-refractivity contribution < 1.29 is 19.1 Å². The maximum absolute atomic E-state index is 13.2. The maximum Gasteiger partial charge on any atom is 0.335 e. The number of nitrogens with one attached hydrogen (secondary N) is 1. The summed E-state index contributed by atoms with van der Waals surface area (Å²) >= 11 is 0. The smallest absolute Gasteiger partial charge is 0.335 e. The average molecular weight is 300 g/mol. The van der Waals surface area contributed by atoms with Crippen LogP contribution in [0.1, 0.15) is 21.5 Å². The summed E-state index contributed by atoms with van der Waals surface area (Å²) in [6.07, 6.45) is 0. The van der Waals surface area contributed by atoms with E-state index in [0.717, 1.165) is 11.1 Å². The minimum atomic E-state index is -1.02. The number of aromatic carboxylic acids is 1. The van der Waals surface area contributed by atoms with Gasteiger partial charge in [0.25, 0.3) is 0 Å². The number of anilines is 1. The van der Waals surface area contributed by atoms with Gasteiger partial charge in [-0.15, -0.1) is 0 Å². The molecule has 5 nitrogen and oxygen atoms in total. The van der Waals surface area contributed by atoms with Gasteiger partial charge in [-0.2, -0.15) is 0 Å². The zero-order valence-electron chi connectivity index (χ0n) is 11.5. The molecule has 0 saturated heterocycles. The number of nitrogens with zero attached hydrogens (tertiary/aromatic N) is 1. The van der Waals surface area contributed by atoms with Crippen molar-refractivity contribution in [1.82, 2.24) is 4.90 Å². The van der Waals surface area contributed by atoms with E-state index < -0.39 is 5.97 Å². The summed E-state index contributed by atoms with van der Waals surface area (Å²) in [6.45, 7) is 0.779. The van der Waals surface area contributed by atoms with Crippen LogP contribution in [-0.2, 0) is 13.1 Å². The van der Waals surface area contributed by atoms with E-state index >= 15 is 0 Å². The van der Waals surface area contributed by atoms with Gasteiger partial charge >= 0.3 is 12.0 Å². The van der Waals surface area contributed by atoms with Gasteiger partial charge in [0.1, 0.15) is 5.82 Å². The highest BCUT2D eigenvalue weighted by Gasteiger charge is 2.23. The van der Waals surface area contributed by atoms with Gasteiger partial charge in [-0.25, -0.2) is 14.0 Å². The van der Waals surface area contributed by atoms with Crippen LogP contribution in [0.3, 0.4) is 0 Å². The number of carbonyl (C=O) groups excluding carboxylic acids is 1. The molecular weight excluding hydrogens is 287 g/mol. The fourth-order valence-electron chi connectivity index (χ4n) is 2.41. The van der Waals surface area contributed by atoms with Crippen LogP contribution in [0.4, 0.5) is 14.9 Å². The van der Waals surface area contributed by atoms with Crippen LogP contribution < -0.4 is 5.32 Å². The number of urea groups is 1. The van der Waals surface area contributed by atoms with Gasteiger partial charge in [0.2, 0.25) is 0 Å². The topological polar surface area (TPSA) is 69.6 Å². The maximum atomic E-state index is 13.2. The Hall–Kier alpha value is -2.89. The van der Waals surface area contributed by atoms with E-state index in [9.17, 15) is 14.0 Å². The molecule has 0 unspecified atom stereocenters. The van der Waals surface area contributed by atoms with Crippen LogP contribution in [0.15, 0.2) is 42.5 Å². The second-order valence-corrected chi connectivity index (χ2v) is 5.08. The van der Waals surface area contributed by atoms with Crippen molar-refractivity contribution in [2.45, 2.75) is 13.1 Å². The monoisotopic (exact) mass is 300 g/mol. The lowest BCUT2D eigenvalue weighted by Crippen LogP contribution is -2.30. The van der Waals surface area contributed by atoms with Gasteiger partial charge < -0.3 is 15.3 Å². The molecule has 112 valence electrons. The highest BCUT2D eigenvalue weighted by atomic mass is 19.1. The van der Waals surface area contributed by atoms with Crippen LogP contribution in [0.25, 0.3) is 0 Å². The van der Waals surface area contributed by atoms with Crippen molar-refractivity contribution in [1.29, 1.82) is 0 Å². The highest BCUT2D eigenvalue weighted by molar-refractivity contribution is 5.91. The van der Waals surface area contributed by atoms with E-state index in [2.05, 4.69) is 5.32 Å². The minimum absolute atomic E-state index is 0.155. The second-order valence-electron chi connectivity index (χ2n) is 5.08. The molecule has 2 aromatic rings. The number of fused-ring (bicyclic) bond motifs is 1. The van der Waals surface area contributed by atoms with Gasteiger partial charge in [-0.1, -0.05) is 6.07 Å². The Labute approximate surface area is 126 Å². The molecule has 0 atom stereocenters. The fourth-order valence-corrected chi connectivity index (χ4v) is 2.41. The van der Waals surface area contributed by atoms with Crippen molar-refractivity contribution in [2.75, 3.05) is 5.32 Å². The second kappa shape index (κ2) is 5.48. The molecule has 22 heavy (non-hydrogen) atoms. The van der Waals surface area contributed by atoms with Crippen molar-refractivity contribution in [3.05, 3.63) is 65.0 Å². The average Bonchev–Trinajstić information content (AvgIpc) is 2.91. The molecule has 0 saturated carbocycles. The largest absolute Gasteiger partial charge is 0.478 e. The lowest BCUT2D eigenvalue weighted by molar-refractivity contribution is 0.0697. The van der Waals surface area contributed by atoms with Gasteiger partial charge in [-0.05, 0) is 47.5 Å². The number of halogens is 1. The number of carbonyl (C=O) groups is 2. The van der Waals surface area contributed by atoms with Crippen LogP contribution >= 0.6 is 0 Å². The Kier molecular flexibility index (Phi) is 3.50. The predicted molar refractivity (Wildman–Crippen MR) is 78.1 cm³/mol. The van der Waals surface area contributed by atoms with Gasteiger partial charge in [0, 0.05) is 18.8 Å². The Bertz CT molecular complexity index is 744. The number of hydrogen-bond acceptors (Lipinski definition) is 2. The Balaban J connectivity index is 1.67. The van der Waals surface area contributed by atoms with E-state index in [-0.39, 0.29) is 17.4 Å². The quantitative estimate of drug-likeness (QED) is 0.895. The molecule has 6 heteroatoms. The molecule has 1 heterocycles. The summed E-state index contributed by atoms with van der Waals surface area (Å²) in [5, 5.41) is 11.5. The summed E-state index contributed by atoms with van der Waals surface area (Å²) in [7, 11) is 0. The summed E-state index contributed by atoms with van der Waals surface area (Å²) < 4.78 is 13.2. The molecule has 2 N–H and O–H groups in total. The van der Waals surface area contributed by atoms with Crippen LogP contribution in [0, 0.1) is 5.82 Å². The van der Waals surface area contributed by atoms with Crippen LogP contribution in [0.2, 0.25) is 0 Å². The molecule has 0 aromatic heterocycles. The van der Waals surface area contributed by atoms with Gasteiger partial charge in [0.05, 0.1) is 5.56 Å². The number of carboxylic acid groups (broad SMARTS) is 1. The van der Waals surface area contributed by atoms with Gasteiger partial charge in [-0.3, -0.25) is 0 Å². The Morgan fingerprint density at radius 1 is 1.05 bits per heavy atom. The molecule has 0 aliphatic carbocycles. The lowest BCUT2D eigenvalue weighted by atomic mass is 10.1. The molecular formula is C16H13FN2O3. The van der Waals surface area contributed by atoms with Crippen molar-refractivity contribution in [3.8, 4) is 0 Å². The zero-order chi connectivity index (χ0) is 15.7. The van der Waals surface area contributed by atoms with Crippen LogP contribution in [0.5, 0.6) is 0 Å². The van der Waals surface area contributed by atoms with E-state index in [1.54, 1.807) is 11.0 Å². The summed E-state index contributed by atoms with van der Waals surface area (Å²) in [5.74, 6) is -1.33. The lowest BCUT2D eigenvalue weighted by Gasteiger charge is -2.16. The first-order valence-corrected chi connectivity index (χ1v) is 6.69. The van der Waals surface area contributed by atoms with Crippen LogP contribution in [-0.4, -0.2) is 22.0 Å². The summed E-state index contributed by atoms with van der Waals surface area (Å²) in [5.41, 5.74) is 2.40. The molecule has 0 bridgehead atoms. The van der Waals surface area contributed by atoms with Crippen molar-refractivity contribution in [2.24, 2.45) is 0 Å². The van der Waals surface area contributed by atoms with E-state index in [1.165, 1.54) is 36.4 Å². The first-order valence-electron chi connectivity index (χ1n) is 6.69. The van der Waals surface area contributed by atoms with Gasteiger partial charge in [0.15, 0.2) is 0 Å². The Morgan fingerprint density at radius 2 is 1.73 bits per heavy atom. The molecule has 0 spiro atoms. The molecule has 0 radical (unpaired) electrons. The molecule has 1 aliphatic rings. The highest BCUT2D eigenvalue weighted by Crippen LogP contribution is 2.24. The van der Waals surface area contributed by atoms with E-state index in [1.807, 2.05) is 0 Å². The van der Waals surface area contributed by atoms with Crippen molar-refractivity contribution >= 4 is 17.7 Å². The molecule has 2 aromatic carbocycles. The number of rotatable bonds is 2. The zero-order valence-corrected chi connectivity index (χ0v) is 11.5. The summed E-state index contributed by atoms with van der Waals surface area (Å²) in [6, 6.07) is 10.1. The molecule has 2 amide bonds. The third kappa shape index (κ3) is 2.76. The number of benzene rings is 2. The predicted octanol–water partition coefficient (Wildman–Crippen LogP) is 3.07. The SMILES string of the molecule is O=C(O)c1ccc(NC(=O)N2Cc3ccc(F)cc3C2)cc1.